The Morgan fingerprint density at radius 2 is 1.68 bits per heavy atom. The van der Waals surface area contributed by atoms with E-state index in [2.05, 4.69) is 26.3 Å². The summed E-state index contributed by atoms with van der Waals surface area (Å²) < 4.78 is 44.8. The van der Waals surface area contributed by atoms with Crippen molar-refractivity contribution in [2.45, 2.75) is 107 Å². The number of rotatable bonds is 9. The molecule has 5 aliphatic rings. The monoisotopic (exact) mass is 870 g/mol. The van der Waals surface area contributed by atoms with Gasteiger partial charge < -0.3 is 29.7 Å². The lowest BCUT2D eigenvalue weighted by Gasteiger charge is -2.33. The third-order valence-electron chi connectivity index (χ3n) is 12.9. The summed E-state index contributed by atoms with van der Waals surface area (Å²) in [6.07, 6.45) is 7.69. The quantitative estimate of drug-likeness (QED) is 0.244. The number of carbonyl (C=O) groups excluding carboxylic acids is 4. The number of allylic oxidation sites excluding steroid dienone is 1. The summed E-state index contributed by atoms with van der Waals surface area (Å²) in [6, 6.07) is 13.7. The number of likely N-dealkylation sites (tertiary alicyclic amines) is 1. The molecule has 0 bridgehead atoms. The number of sulfonamides is 1. The lowest BCUT2D eigenvalue weighted by Crippen LogP contribution is -2.60. The van der Waals surface area contributed by atoms with Gasteiger partial charge in [-0.1, -0.05) is 25.0 Å². The normalized spacial score (nSPS) is 27.4. The van der Waals surface area contributed by atoms with Gasteiger partial charge in [-0.15, -0.1) is 0 Å². The maximum atomic E-state index is 14.9. The number of pyridine rings is 1. The number of nitrogens with one attached hydrogen (secondary N) is 3. The van der Waals surface area contributed by atoms with Gasteiger partial charge in [-0.3, -0.25) is 24.0 Å². The van der Waals surface area contributed by atoms with Crippen LogP contribution in [0.5, 0.6) is 11.5 Å². The molecule has 4 heterocycles. The van der Waals surface area contributed by atoms with E-state index in [4.69, 9.17) is 19.2 Å². The number of methoxy groups -OCH3 is 2. The van der Waals surface area contributed by atoms with Crippen LogP contribution in [0.25, 0.3) is 22.2 Å². The molecule has 3 aliphatic heterocycles. The van der Waals surface area contributed by atoms with E-state index in [9.17, 15) is 27.6 Å². The Kier molecular flexibility index (Phi) is 12.0. The Morgan fingerprint density at radius 1 is 0.935 bits per heavy atom. The molecule has 15 nitrogen and oxygen atoms in total. The van der Waals surface area contributed by atoms with Crippen LogP contribution in [0.1, 0.15) is 77.7 Å². The minimum absolute atomic E-state index is 0.111. The summed E-state index contributed by atoms with van der Waals surface area (Å²) in [7, 11) is -0.653. The molecule has 0 unspecified atom stereocenters. The van der Waals surface area contributed by atoms with Gasteiger partial charge in [-0.05, 0) is 113 Å². The highest BCUT2D eigenvalue weighted by Gasteiger charge is 2.63. The second-order valence-electron chi connectivity index (χ2n) is 18.5. The maximum absolute atomic E-state index is 14.9. The van der Waals surface area contributed by atoms with Crippen molar-refractivity contribution >= 4 is 44.7 Å². The molecule has 2 saturated carbocycles. The number of amides is 4. The van der Waals surface area contributed by atoms with Crippen LogP contribution in [0.3, 0.4) is 0 Å². The fourth-order valence-corrected chi connectivity index (χ4v) is 10.8. The summed E-state index contributed by atoms with van der Waals surface area (Å²) in [5, 5.41) is 6.19. The molecule has 4 amide bonds. The van der Waals surface area contributed by atoms with Gasteiger partial charge in [0, 0.05) is 55.0 Å². The van der Waals surface area contributed by atoms with E-state index in [-0.39, 0.29) is 30.7 Å². The van der Waals surface area contributed by atoms with Gasteiger partial charge >= 0.3 is 6.09 Å². The van der Waals surface area contributed by atoms with Crippen LogP contribution in [0, 0.1) is 17.8 Å². The van der Waals surface area contributed by atoms with Crippen molar-refractivity contribution in [2.75, 3.05) is 33.9 Å². The lowest BCUT2D eigenvalue weighted by atomic mass is 9.93. The van der Waals surface area contributed by atoms with E-state index < -0.39 is 62.3 Å². The molecule has 2 aromatic carbocycles. The zero-order valence-electron chi connectivity index (χ0n) is 36.1. The summed E-state index contributed by atoms with van der Waals surface area (Å²) >= 11 is 0. The van der Waals surface area contributed by atoms with E-state index in [1.165, 1.54) is 0 Å². The number of carbonyl (C=O) groups is 4. The maximum Gasteiger partial charge on any atom is 0.408 e. The average molecular weight is 871 g/mol. The molecule has 6 atom stereocenters. The smallest absolute Gasteiger partial charge is 0.408 e. The Morgan fingerprint density at radius 3 is 2.39 bits per heavy atom. The van der Waals surface area contributed by atoms with E-state index in [0.717, 1.165) is 46.3 Å². The number of hydrogen-bond donors (Lipinski definition) is 3. The number of benzene rings is 2. The fourth-order valence-electron chi connectivity index (χ4n) is 9.43. The van der Waals surface area contributed by atoms with Gasteiger partial charge in [0.25, 0.3) is 5.91 Å². The first kappa shape index (κ1) is 43.4. The first-order valence-electron chi connectivity index (χ1n) is 21.8. The van der Waals surface area contributed by atoms with E-state index in [1.807, 2.05) is 54.6 Å². The second-order valence-corrected chi connectivity index (χ2v) is 20.5. The highest BCUT2D eigenvalue weighted by atomic mass is 32.2. The predicted octanol–water partition coefficient (Wildman–Crippen LogP) is 5.07. The van der Waals surface area contributed by atoms with E-state index >= 15 is 0 Å². The first-order chi connectivity index (χ1) is 29.6. The van der Waals surface area contributed by atoms with Crippen molar-refractivity contribution in [3.63, 3.8) is 0 Å². The molecule has 16 heteroatoms. The van der Waals surface area contributed by atoms with Crippen LogP contribution in [-0.2, 0) is 35.7 Å². The number of nitrogens with zero attached hydrogens (tertiary/aromatic N) is 3. The van der Waals surface area contributed by atoms with Crippen molar-refractivity contribution in [1.82, 2.24) is 30.1 Å². The minimum atomic E-state index is -3.90. The number of hydrogen-bond acceptors (Lipinski definition) is 11. The number of alkyl carbamates (subject to hydrolysis) is 1. The van der Waals surface area contributed by atoms with Crippen LogP contribution in [-0.4, -0.2) is 109 Å². The zero-order chi connectivity index (χ0) is 44.0. The molecular weight excluding hydrogens is 813 g/mol. The van der Waals surface area contributed by atoms with Crippen molar-refractivity contribution in [3.8, 4) is 22.8 Å². The van der Waals surface area contributed by atoms with Gasteiger partial charge in [-0.25, -0.2) is 18.2 Å². The van der Waals surface area contributed by atoms with E-state index in [1.54, 1.807) is 39.9 Å². The van der Waals surface area contributed by atoms with Crippen molar-refractivity contribution in [3.05, 3.63) is 66.2 Å². The van der Waals surface area contributed by atoms with E-state index in [0.29, 0.717) is 57.5 Å². The van der Waals surface area contributed by atoms with Gasteiger partial charge in [0.15, 0.2) is 0 Å². The molecule has 332 valence electrons. The average Bonchev–Trinajstić information content (AvgIpc) is 4.13. The molecule has 0 spiro atoms. The molecular formula is C46H58N6O9S. The Hall–Kier alpha value is -5.22. The summed E-state index contributed by atoms with van der Waals surface area (Å²) in [6.45, 7) is 7.10. The van der Waals surface area contributed by atoms with Gasteiger partial charge in [-0.2, -0.15) is 0 Å². The molecule has 2 aliphatic carbocycles. The number of aromatic nitrogens is 1. The summed E-state index contributed by atoms with van der Waals surface area (Å²) in [5.74, 6) is -1.08. The van der Waals surface area contributed by atoms with Gasteiger partial charge in [0.1, 0.15) is 34.7 Å². The lowest BCUT2D eigenvalue weighted by molar-refractivity contribution is -0.142. The number of ether oxygens (including phenoxy) is 3. The molecule has 3 N–H and O–H groups in total. The SMILES string of the molecule is COc1ccc(-c2cc(CN3C[C@H]4CN5C(=O)[C@H](NC(=O)OC(C)(C)C)CCCCC/C=C\[C@@H]6C[C@@]6(C(=O)NS(=O)(=O)C6CC6)NC(=O)[C@@H]5[C@H]4C3)c3ccc(OC)cc3n2)cc1. The highest BCUT2D eigenvalue weighted by Crippen LogP contribution is 2.47. The topological polar surface area (TPSA) is 186 Å². The van der Waals surface area contributed by atoms with Crippen LogP contribution in [0.2, 0.25) is 0 Å². The standard InChI is InChI=1S/C46H58N6O9S/c1-45(2,3)61-44(56)48-37-12-10-8-6-7-9-11-31-23-46(31,43(55)50-62(57,58)34-18-19-34)49-41(53)40-36-27-51(25-30(36)26-52(40)42(37)54)24-29-21-38(28-13-15-32(59-4)16-14-28)47-39-22-33(60-5)17-20-35(29)39/h9,11,13-17,20-22,30-31,34,36-37,40H,6-8,10,12,18-19,23-27H2,1-5H3,(H,48,56)(H,49,53)(H,50,55)/b11-9-/t30-,31+,36-,37+,40-,46+/m0/s1. The third kappa shape index (κ3) is 9.26. The minimum Gasteiger partial charge on any atom is -0.497 e. The zero-order valence-corrected chi connectivity index (χ0v) is 37.0. The molecule has 0 radical (unpaired) electrons. The summed E-state index contributed by atoms with van der Waals surface area (Å²) in [4.78, 5) is 65.7. The molecule has 1 aromatic heterocycles. The van der Waals surface area contributed by atoms with Crippen LogP contribution in [0.4, 0.5) is 4.79 Å². The van der Waals surface area contributed by atoms with Gasteiger partial charge in [0.2, 0.25) is 21.8 Å². The predicted molar refractivity (Wildman–Crippen MR) is 232 cm³/mol. The Labute approximate surface area is 363 Å². The highest BCUT2D eigenvalue weighted by molar-refractivity contribution is 7.91. The molecule has 8 rings (SSSR count). The summed E-state index contributed by atoms with van der Waals surface area (Å²) in [5.41, 5.74) is 1.23. The van der Waals surface area contributed by atoms with Crippen molar-refractivity contribution in [1.29, 1.82) is 0 Å². The molecule has 4 fully saturated rings. The molecule has 62 heavy (non-hydrogen) atoms. The van der Waals surface area contributed by atoms with Crippen LogP contribution in [0.15, 0.2) is 60.7 Å². The van der Waals surface area contributed by atoms with Gasteiger partial charge in [0.05, 0.1) is 30.7 Å². The Bertz CT molecular complexity index is 2360. The van der Waals surface area contributed by atoms with Crippen molar-refractivity contribution < 1.29 is 41.8 Å². The Balaban J connectivity index is 1.11. The molecule has 2 saturated heterocycles. The first-order valence-corrected chi connectivity index (χ1v) is 23.3. The van der Waals surface area contributed by atoms with Crippen LogP contribution >= 0.6 is 0 Å². The third-order valence-corrected chi connectivity index (χ3v) is 14.7. The molecule has 3 aromatic rings. The van der Waals surface area contributed by atoms with Crippen molar-refractivity contribution in [2.24, 2.45) is 17.8 Å². The second kappa shape index (κ2) is 17.2. The number of fused-ring (bicyclic) bond motifs is 5. The largest absolute Gasteiger partial charge is 0.497 e. The van der Waals surface area contributed by atoms with Crippen LogP contribution < -0.4 is 24.8 Å². The fraction of sp³-hybridized carbons (Fsp3) is 0.543.